The molecule has 0 saturated heterocycles. The van der Waals surface area contributed by atoms with Crippen molar-refractivity contribution in [1.82, 2.24) is 10.3 Å². The second kappa shape index (κ2) is 7.56. The van der Waals surface area contributed by atoms with E-state index in [0.717, 1.165) is 0 Å². The molecule has 1 aromatic heterocycles. The Morgan fingerprint density at radius 3 is 2.70 bits per heavy atom. The highest BCUT2D eigenvalue weighted by atomic mass is 32.1. The molecule has 0 saturated carbocycles. The van der Waals surface area contributed by atoms with Crippen LogP contribution in [0, 0.1) is 0 Å². The third kappa shape index (κ3) is 4.94. The largest absolute Gasteiger partial charge is 0.480 e. The van der Waals surface area contributed by atoms with Crippen LogP contribution in [-0.4, -0.2) is 40.5 Å². The van der Waals surface area contributed by atoms with Gasteiger partial charge in [0, 0.05) is 18.2 Å². The predicted octanol–water partition coefficient (Wildman–Crippen LogP) is -0.907. The molecular weight excluding hydrogens is 284 g/mol. The van der Waals surface area contributed by atoms with Gasteiger partial charge in [-0.2, -0.15) is 0 Å². The molecule has 110 valence electrons. The minimum Gasteiger partial charge on any atom is -0.480 e. The van der Waals surface area contributed by atoms with Crippen molar-refractivity contribution in [3.63, 3.8) is 0 Å². The molecule has 0 aliphatic heterocycles. The standard InChI is InChI=1S/C11H16N4O4S/c12-4-3-9-14-7(5-20-9)10(17)15-6(11(18)19)1-2-8(13)16/h5-6H,1-4,12H2,(H2,13,16)(H,15,17)(H,18,19)/t6-/m1/s1. The number of amides is 2. The number of aliphatic carboxylic acids is 1. The number of aromatic nitrogens is 1. The monoisotopic (exact) mass is 300 g/mol. The zero-order valence-corrected chi connectivity index (χ0v) is 11.5. The second-order valence-electron chi connectivity index (χ2n) is 4.03. The molecule has 0 spiro atoms. The van der Waals surface area contributed by atoms with Gasteiger partial charge in [0.2, 0.25) is 5.91 Å². The normalized spacial score (nSPS) is 11.8. The first kappa shape index (κ1) is 16.1. The van der Waals surface area contributed by atoms with Crippen molar-refractivity contribution in [2.75, 3.05) is 6.54 Å². The molecule has 0 aromatic carbocycles. The van der Waals surface area contributed by atoms with Crippen molar-refractivity contribution in [3.8, 4) is 0 Å². The second-order valence-corrected chi connectivity index (χ2v) is 4.98. The van der Waals surface area contributed by atoms with Crippen LogP contribution < -0.4 is 16.8 Å². The third-order valence-corrected chi connectivity index (χ3v) is 3.33. The summed E-state index contributed by atoms with van der Waals surface area (Å²) in [5.41, 5.74) is 10.5. The number of carboxylic acids is 1. The zero-order chi connectivity index (χ0) is 15.1. The minimum absolute atomic E-state index is 0.0593. The summed E-state index contributed by atoms with van der Waals surface area (Å²) in [6.45, 7) is 0.422. The van der Waals surface area contributed by atoms with Gasteiger partial charge in [0.1, 0.15) is 11.7 Å². The maximum atomic E-state index is 11.8. The Kier molecular flexibility index (Phi) is 6.07. The number of nitrogens with zero attached hydrogens (tertiary/aromatic N) is 1. The minimum atomic E-state index is -1.22. The Hall–Kier alpha value is -2.00. The van der Waals surface area contributed by atoms with Gasteiger partial charge >= 0.3 is 5.97 Å². The highest BCUT2D eigenvalue weighted by molar-refractivity contribution is 7.09. The number of carbonyl (C=O) groups excluding carboxylic acids is 2. The van der Waals surface area contributed by atoms with Gasteiger partial charge in [-0.15, -0.1) is 11.3 Å². The van der Waals surface area contributed by atoms with Gasteiger partial charge in [0.15, 0.2) is 0 Å². The number of hydrogen-bond acceptors (Lipinski definition) is 6. The maximum Gasteiger partial charge on any atom is 0.326 e. The number of rotatable bonds is 8. The Labute approximate surface area is 119 Å². The molecule has 2 amide bonds. The average molecular weight is 300 g/mol. The molecule has 0 aliphatic rings. The van der Waals surface area contributed by atoms with E-state index >= 15 is 0 Å². The van der Waals surface area contributed by atoms with Gasteiger partial charge < -0.3 is 21.9 Å². The number of carboxylic acid groups (broad SMARTS) is 1. The summed E-state index contributed by atoms with van der Waals surface area (Å²) < 4.78 is 0. The Bertz CT molecular complexity index is 502. The highest BCUT2D eigenvalue weighted by Crippen LogP contribution is 2.10. The fourth-order valence-electron chi connectivity index (χ4n) is 1.43. The van der Waals surface area contributed by atoms with Crippen LogP contribution in [0.5, 0.6) is 0 Å². The molecule has 20 heavy (non-hydrogen) atoms. The number of thiazole rings is 1. The van der Waals surface area contributed by atoms with E-state index in [4.69, 9.17) is 16.6 Å². The molecule has 1 heterocycles. The Morgan fingerprint density at radius 1 is 1.45 bits per heavy atom. The lowest BCUT2D eigenvalue weighted by Gasteiger charge is -2.12. The Morgan fingerprint density at radius 2 is 2.15 bits per heavy atom. The lowest BCUT2D eigenvalue weighted by Crippen LogP contribution is -2.41. The van der Waals surface area contributed by atoms with Crippen LogP contribution >= 0.6 is 11.3 Å². The zero-order valence-electron chi connectivity index (χ0n) is 10.7. The molecule has 1 aromatic rings. The number of nitrogens with two attached hydrogens (primary N) is 2. The molecule has 1 atom stereocenters. The number of primary amides is 1. The number of hydrogen-bond donors (Lipinski definition) is 4. The molecule has 0 fully saturated rings. The molecule has 0 radical (unpaired) electrons. The average Bonchev–Trinajstić information content (AvgIpc) is 2.82. The molecular formula is C11H16N4O4S. The van der Waals surface area contributed by atoms with Crippen molar-refractivity contribution in [3.05, 3.63) is 16.1 Å². The van der Waals surface area contributed by atoms with Crippen LogP contribution in [0.2, 0.25) is 0 Å². The van der Waals surface area contributed by atoms with Crippen molar-refractivity contribution in [2.24, 2.45) is 11.5 Å². The quantitative estimate of drug-likeness (QED) is 0.488. The molecule has 0 aliphatic carbocycles. The maximum absolute atomic E-state index is 11.8. The third-order valence-electron chi connectivity index (χ3n) is 2.43. The highest BCUT2D eigenvalue weighted by Gasteiger charge is 2.22. The van der Waals surface area contributed by atoms with Crippen LogP contribution in [0.4, 0.5) is 0 Å². The summed E-state index contributed by atoms with van der Waals surface area (Å²) in [4.78, 5) is 37.5. The first-order valence-corrected chi connectivity index (χ1v) is 6.78. The van der Waals surface area contributed by atoms with Gasteiger partial charge in [0.25, 0.3) is 5.91 Å². The summed E-state index contributed by atoms with van der Waals surface area (Å²) in [5.74, 6) is -2.44. The van der Waals surface area contributed by atoms with Gasteiger partial charge in [-0.25, -0.2) is 9.78 Å². The fourth-order valence-corrected chi connectivity index (χ4v) is 2.22. The van der Waals surface area contributed by atoms with Crippen molar-refractivity contribution < 1.29 is 19.5 Å². The summed E-state index contributed by atoms with van der Waals surface area (Å²) in [6.07, 6.45) is 0.380. The van der Waals surface area contributed by atoms with Gasteiger partial charge in [-0.1, -0.05) is 0 Å². The fraction of sp³-hybridized carbons (Fsp3) is 0.455. The van der Waals surface area contributed by atoms with Crippen molar-refractivity contribution >= 4 is 29.1 Å². The Balaban J connectivity index is 2.64. The summed E-state index contributed by atoms with van der Waals surface area (Å²) >= 11 is 1.28. The molecule has 0 unspecified atom stereocenters. The smallest absolute Gasteiger partial charge is 0.326 e. The first-order valence-electron chi connectivity index (χ1n) is 5.90. The predicted molar refractivity (Wildman–Crippen MR) is 72.2 cm³/mol. The van der Waals surface area contributed by atoms with E-state index in [1.807, 2.05) is 0 Å². The van der Waals surface area contributed by atoms with E-state index in [9.17, 15) is 14.4 Å². The summed E-state index contributed by atoms with van der Waals surface area (Å²) in [7, 11) is 0. The van der Waals surface area contributed by atoms with E-state index in [-0.39, 0.29) is 18.5 Å². The summed E-state index contributed by atoms with van der Waals surface area (Å²) in [5, 5.41) is 13.5. The van der Waals surface area contributed by atoms with Crippen molar-refractivity contribution in [2.45, 2.75) is 25.3 Å². The molecule has 6 N–H and O–H groups in total. The molecule has 8 nitrogen and oxygen atoms in total. The first-order chi connectivity index (χ1) is 9.43. The van der Waals surface area contributed by atoms with E-state index in [1.54, 1.807) is 0 Å². The van der Waals surface area contributed by atoms with Gasteiger partial charge in [0.05, 0.1) is 5.01 Å². The molecule has 9 heteroatoms. The van der Waals surface area contributed by atoms with Gasteiger partial charge in [-0.05, 0) is 13.0 Å². The molecule has 0 bridgehead atoms. The van der Waals surface area contributed by atoms with E-state index in [0.29, 0.717) is 18.0 Å². The lowest BCUT2D eigenvalue weighted by molar-refractivity contribution is -0.139. The van der Waals surface area contributed by atoms with Crippen LogP contribution in [-0.2, 0) is 16.0 Å². The van der Waals surface area contributed by atoms with E-state index < -0.39 is 23.8 Å². The number of carbonyl (C=O) groups is 3. The number of nitrogens with one attached hydrogen (secondary N) is 1. The van der Waals surface area contributed by atoms with Crippen molar-refractivity contribution in [1.29, 1.82) is 0 Å². The van der Waals surface area contributed by atoms with E-state index in [1.165, 1.54) is 16.7 Å². The van der Waals surface area contributed by atoms with Crippen LogP contribution in [0.3, 0.4) is 0 Å². The molecule has 1 rings (SSSR count). The van der Waals surface area contributed by atoms with Gasteiger partial charge in [-0.3, -0.25) is 9.59 Å². The van der Waals surface area contributed by atoms with E-state index in [2.05, 4.69) is 10.3 Å². The lowest BCUT2D eigenvalue weighted by atomic mass is 10.1. The SMILES string of the molecule is NCCc1nc(C(=O)N[C@H](CCC(N)=O)C(=O)O)cs1. The van der Waals surface area contributed by atoms with Crippen LogP contribution in [0.25, 0.3) is 0 Å². The van der Waals surface area contributed by atoms with Crippen LogP contribution in [0.15, 0.2) is 5.38 Å². The van der Waals surface area contributed by atoms with Crippen LogP contribution in [0.1, 0.15) is 28.3 Å². The summed E-state index contributed by atoms with van der Waals surface area (Å²) in [6, 6.07) is -1.17. The topological polar surface area (TPSA) is 148 Å².